The van der Waals surface area contributed by atoms with Crippen LogP contribution >= 0.6 is 11.6 Å². The van der Waals surface area contributed by atoms with Crippen LogP contribution in [-0.2, 0) is 4.79 Å². The third-order valence-corrected chi connectivity index (χ3v) is 2.78. The predicted molar refractivity (Wildman–Crippen MR) is 79.2 cm³/mol. The van der Waals surface area contributed by atoms with Crippen LogP contribution in [0, 0.1) is 0 Å². The molecule has 110 valence electrons. The molecule has 0 aliphatic rings. The molecule has 0 atom stereocenters. The number of carbonyl (C=O) groups excluding carboxylic acids is 1. The fourth-order valence-corrected chi connectivity index (χ4v) is 1.65. The van der Waals surface area contributed by atoms with E-state index in [1.54, 1.807) is 0 Å². The van der Waals surface area contributed by atoms with E-state index in [0.29, 0.717) is 10.9 Å². The van der Waals surface area contributed by atoms with Crippen LogP contribution in [-0.4, -0.2) is 21.2 Å². The predicted octanol–water partition coefficient (Wildman–Crippen LogP) is 3.20. The van der Waals surface area contributed by atoms with Crippen molar-refractivity contribution in [1.29, 1.82) is 0 Å². The third kappa shape index (κ3) is 4.06. The number of hydrogen-bond donors (Lipinski definition) is 2. The van der Waals surface area contributed by atoms with E-state index in [1.807, 2.05) is 13.8 Å². The molecule has 0 saturated heterocycles. The van der Waals surface area contributed by atoms with Gasteiger partial charge in [0.05, 0.1) is 5.69 Å². The van der Waals surface area contributed by atoms with Gasteiger partial charge in [-0.3, -0.25) is 4.79 Å². The first-order valence-corrected chi connectivity index (χ1v) is 6.64. The Morgan fingerprint density at radius 2 is 2.19 bits per heavy atom. The molecule has 2 N–H and O–H groups in total. The quantitative estimate of drug-likeness (QED) is 0.669. The first-order valence-electron chi connectivity index (χ1n) is 6.26. The Bertz CT molecular complexity index is 680. The zero-order valence-corrected chi connectivity index (χ0v) is 12.3. The molecule has 1 heterocycles. The van der Waals surface area contributed by atoms with Crippen LogP contribution in [0.25, 0.3) is 6.08 Å². The monoisotopic (exact) mass is 307 g/mol. The van der Waals surface area contributed by atoms with Gasteiger partial charge in [0.25, 0.3) is 0 Å². The maximum atomic E-state index is 11.7. The minimum atomic E-state index is -0.447. The second-order valence-corrected chi connectivity index (χ2v) is 5.05. The number of benzene rings is 1. The Balaban J connectivity index is 2.03. The van der Waals surface area contributed by atoms with Crippen molar-refractivity contribution in [3.8, 4) is 5.75 Å². The molecule has 0 aliphatic heterocycles. The molecule has 6 nitrogen and oxygen atoms in total. The molecule has 2 rings (SSSR count). The molecule has 0 aliphatic carbocycles. The maximum Gasteiger partial charge on any atom is 0.248 e. The van der Waals surface area contributed by atoms with Crippen molar-refractivity contribution in [1.82, 2.24) is 10.2 Å². The molecule has 0 radical (unpaired) electrons. The van der Waals surface area contributed by atoms with Crippen LogP contribution in [0.5, 0.6) is 5.75 Å². The average molecular weight is 308 g/mol. The third-order valence-electron chi connectivity index (χ3n) is 2.54. The number of aromatic nitrogens is 2. The summed E-state index contributed by atoms with van der Waals surface area (Å²) in [5, 5.41) is 20.1. The van der Waals surface area contributed by atoms with E-state index >= 15 is 0 Å². The van der Waals surface area contributed by atoms with Gasteiger partial charge >= 0.3 is 0 Å². The molecule has 1 aromatic heterocycles. The first kappa shape index (κ1) is 15.1. The van der Waals surface area contributed by atoms with E-state index in [4.69, 9.17) is 16.0 Å². The number of hydrogen-bond acceptors (Lipinski definition) is 5. The maximum absolute atomic E-state index is 11.7. The highest BCUT2D eigenvalue weighted by molar-refractivity contribution is 6.31. The van der Waals surface area contributed by atoms with Gasteiger partial charge in [-0.05, 0) is 18.2 Å². The van der Waals surface area contributed by atoms with Crippen LogP contribution in [0.15, 0.2) is 28.7 Å². The van der Waals surface area contributed by atoms with Gasteiger partial charge < -0.3 is 14.8 Å². The van der Waals surface area contributed by atoms with E-state index in [-0.39, 0.29) is 23.2 Å². The van der Waals surface area contributed by atoms with Crippen LogP contribution in [0.4, 0.5) is 5.69 Å². The number of amides is 1. The summed E-state index contributed by atoms with van der Waals surface area (Å²) < 4.78 is 5.33. The van der Waals surface area contributed by atoms with Crippen molar-refractivity contribution in [2.75, 3.05) is 5.32 Å². The van der Waals surface area contributed by atoms with Crippen molar-refractivity contribution in [3.05, 3.63) is 41.1 Å². The fourth-order valence-electron chi connectivity index (χ4n) is 1.48. The standard InChI is InChI=1S/C14H14ClN3O3/c1-8(2)14-18-17-13(21-14)6-5-12(20)16-10-7-9(15)3-4-11(10)19/h3-8,19H,1-2H3,(H,16,20). The van der Waals surface area contributed by atoms with Gasteiger partial charge in [0.1, 0.15) is 5.75 Å². The van der Waals surface area contributed by atoms with Crippen LogP contribution < -0.4 is 5.32 Å². The molecule has 0 unspecified atom stereocenters. The zero-order chi connectivity index (χ0) is 15.4. The van der Waals surface area contributed by atoms with Gasteiger partial charge in [-0.2, -0.15) is 0 Å². The van der Waals surface area contributed by atoms with Crippen LogP contribution in [0.2, 0.25) is 5.02 Å². The average Bonchev–Trinajstić information content (AvgIpc) is 2.90. The lowest BCUT2D eigenvalue weighted by atomic mass is 10.2. The largest absolute Gasteiger partial charge is 0.506 e. The van der Waals surface area contributed by atoms with Crippen molar-refractivity contribution in [2.45, 2.75) is 19.8 Å². The number of aromatic hydroxyl groups is 1. The normalized spacial score (nSPS) is 11.2. The molecule has 1 amide bonds. The number of halogens is 1. The number of phenolic OH excluding ortho intramolecular Hbond substituents is 1. The molecule has 0 saturated carbocycles. The lowest BCUT2D eigenvalue weighted by Crippen LogP contribution is -2.07. The number of nitrogens with one attached hydrogen (secondary N) is 1. The summed E-state index contributed by atoms with van der Waals surface area (Å²) in [5.74, 6) is 0.349. The summed E-state index contributed by atoms with van der Waals surface area (Å²) in [5.41, 5.74) is 0.227. The molecule has 7 heteroatoms. The second-order valence-electron chi connectivity index (χ2n) is 4.62. The van der Waals surface area contributed by atoms with Crippen LogP contribution in [0.3, 0.4) is 0 Å². The van der Waals surface area contributed by atoms with E-state index in [1.165, 1.54) is 30.4 Å². The van der Waals surface area contributed by atoms with E-state index in [9.17, 15) is 9.90 Å². The van der Waals surface area contributed by atoms with Crippen molar-refractivity contribution < 1.29 is 14.3 Å². The fraction of sp³-hybridized carbons (Fsp3) is 0.214. The van der Waals surface area contributed by atoms with E-state index in [2.05, 4.69) is 15.5 Å². The highest BCUT2D eigenvalue weighted by Gasteiger charge is 2.08. The second kappa shape index (κ2) is 6.41. The summed E-state index contributed by atoms with van der Waals surface area (Å²) in [4.78, 5) is 11.7. The van der Waals surface area contributed by atoms with Gasteiger partial charge in [0.15, 0.2) is 0 Å². The number of nitrogens with zero attached hydrogens (tertiary/aromatic N) is 2. The Morgan fingerprint density at radius 1 is 1.43 bits per heavy atom. The van der Waals surface area contributed by atoms with E-state index in [0.717, 1.165) is 0 Å². The summed E-state index contributed by atoms with van der Waals surface area (Å²) in [6.45, 7) is 3.85. The lowest BCUT2D eigenvalue weighted by Gasteiger charge is -2.04. The number of carbonyl (C=O) groups is 1. The number of rotatable bonds is 4. The van der Waals surface area contributed by atoms with Gasteiger partial charge in [0.2, 0.25) is 17.7 Å². The van der Waals surface area contributed by atoms with Crippen LogP contribution in [0.1, 0.15) is 31.5 Å². The van der Waals surface area contributed by atoms with Crippen molar-refractivity contribution in [3.63, 3.8) is 0 Å². The number of anilines is 1. The topological polar surface area (TPSA) is 88.2 Å². The Kier molecular flexibility index (Phi) is 4.59. The minimum Gasteiger partial charge on any atom is -0.506 e. The first-order chi connectivity index (χ1) is 9.95. The highest BCUT2D eigenvalue weighted by Crippen LogP contribution is 2.26. The smallest absolute Gasteiger partial charge is 0.248 e. The molecule has 0 spiro atoms. The van der Waals surface area contributed by atoms with Crippen molar-refractivity contribution in [2.24, 2.45) is 0 Å². The summed E-state index contributed by atoms with van der Waals surface area (Å²) >= 11 is 5.79. The SMILES string of the molecule is CC(C)c1nnc(C=CC(=O)Nc2cc(Cl)ccc2O)o1. The number of phenols is 1. The lowest BCUT2D eigenvalue weighted by molar-refractivity contribution is -0.111. The summed E-state index contributed by atoms with van der Waals surface area (Å²) in [7, 11) is 0. The molecule has 1 aromatic carbocycles. The molecule has 2 aromatic rings. The summed E-state index contributed by atoms with van der Waals surface area (Å²) in [6, 6.07) is 4.37. The van der Waals surface area contributed by atoms with Gasteiger partial charge in [-0.15, -0.1) is 10.2 Å². The molecular formula is C14H14ClN3O3. The van der Waals surface area contributed by atoms with Crippen molar-refractivity contribution >= 4 is 29.3 Å². The Morgan fingerprint density at radius 3 is 2.86 bits per heavy atom. The minimum absolute atomic E-state index is 0.0685. The van der Waals surface area contributed by atoms with Gasteiger partial charge in [0, 0.05) is 23.1 Å². The molecule has 0 bridgehead atoms. The Hall–Kier alpha value is -2.34. The molecule has 0 fully saturated rings. The molecular weight excluding hydrogens is 294 g/mol. The highest BCUT2D eigenvalue weighted by atomic mass is 35.5. The van der Waals surface area contributed by atoms with Gasteiger partial charge in [-0.1, -0.05) is 25.4 Å². The summed E-state index contributed by atoms with van der Waals surface area (Å²) in [6.07, 6.45) is 2.63. The molecule has 21 heavy (non-hydrogen) atoms. The zero-order valence-electron chi connectivity index (χ0n) is 11.5. The Labute approximate surface area is 126 Å². The van der Waals surface area contributed by atoms with Gasteiger partial charge in [-0.25, -0.2) is 0 Å². The van der Waals surface area contributed by atoms with E-state index < -0.39 is 5.91 Å².